The molecule has 0 atom stereocenters. The Balaban J connectivity index is 1.69. The van der Waals surface area contributed by atoms with Gasteiger partial charge in [0.15, 0.2) is 23.0 Å². The third kappa shape index (κ3) is 3.33. The van der Waals surface area contributed by atoms with E-state index in [9.17, 15) is 0 Å². The Bertz CT molecular complexity index is 945. The van der Waals surface area contributed by atoms with Crippen LogP contribution in [0.15, 0.2) is 18.5 Å². The van der Waals surface area contributed by atoms with Gasteiger partial charge in [0.25, 0.3) is 0 Å². The maximum atomic E-state index is 5.41. The predicted molar refractivity (Wildman–Crippen MR) is 104 cm³/mol. The van der Waals surface area contributed by atoms with Gasteiger partial charge in [-0.3, -0.25) is 0 Å². The van der Waals surface area contributed by atoms with Crippen LogP contribution in [0.2, 0.25) is 0 Å². The third-order valence-corrected chi connectivity index (χ3v) is 4.51. The number of ether oxygens (including phenoxy) is 4. The second kappa shape index (κ2) is 7.77. The molecular weight excluding hydrogens is 364 g/mol. The molecule has 0 radical (unpaired) electrons. The topological polar surface area (TPSA) is 107 Å². The molecule has 2 N–H and O–H groups in total. The van der Waals surface area contributed by atoms with E-state index in [2.05, 4.69) is 30.2 Å². The molecule has 3 aromatic rings. The van der Waals surface area contributed by atoms with Gasteiger partial charge in [0.2, 0.25) is 11.7 Å². The van der Waals surface area contributed by atoms with Crippen molar-refractivity contribution in [3.63, 3.8) is 0 Å². The maximum Gasteiger partial charge on any atom is 0.205 e. The normalized spacial score (nSPS) is 14.2. The van der Waals surface area contributed by atoms with Crippen molar-refractivity contribution >= 4 is 28.6 Å². The van der Waals surface area contributed by atoms with Crippen LogP contribution in [0.3, 0.4) is 0 Å². The number of hydrogen-bond acceptors (Lipinski definition) is 9. The molecule has 10 heteroatoms. The SMILES string of the molecule is COc1cc(Nc2ncnc3nc(N4CCOCC4)[nH]c23)cc(OC)c1OC. The van der Waals surface area contributed by atoms with Crippen LogP contribution in [0.25, 0.3) is 11.2 Å². The lowest BCUT2D eigenvalue weighted by molar-refractivity contribution is 0.122. The Kier molecular flexibility index (Phi) is 5.02. The predicted octanol–water partition coefficient (Wildman–Crippen LogP) is 1.96. The molecule has 1 aromatic carbocycles. The summed E-state index contributed by atoms with van der Waals surface area (Å²) in [7, 11) is 4.72. The minimum atomic E-state index is 0.527. The quantitative estimate of drug-likeness (QED) is 0.657. The number of nitrogens with zero attached hydrogens (tertiary/aromatic N) is 4. The van der Waals surface area contributed by atoms with Crippen LogP contribution in [-0.2, 0) is 4.74 Å². The van der Waals surface area contributed by atoms with Gasteiger partial charge in [0.1, 0.15) is 11.8 Å². The zero-order chi connectivity index (χ0) is 19.5. The molecule has 2 aromatic heterocycles. The first kappa shape index (κ1) is 18.1. The van der Waals surface area contributed by atoms with Gasteiger partial charge in [-0.05, 0) is 0 Å². The van der Waals surface area contributed by atoms with E-state index < -0.39 is 0 Å². The van der Waals surface area contributed by atoms with Crippen molar-refractivity contribution in [3.05, 3.63) is 18.5 Å². The van der Waals surface area contributed by atoms with Gasteiger partial charge < -0.3 is 34.1 Å². The average Bonchev–Trinajstić information content (AvgIpc) is 3.19. The second-order valence-corrected chi connectivity index (χ2v) is 6.12. The van der Waals surface area contributed by atoms with Gasteiger partial charge in [0, 0.05) is 30.9 Å². The second-order valence-electron chi connectivity index (χ2n) is 6.12. The Morgan fingerprint density at radius 2 is 1.75 bits per heavy atom. The van der Waals surface area contributed by atoms with E-state index in [0.29, 0.717) is 41.9 Å². The highest BCUT2D eigenvalue weighted by molar-refractivity contribution is 5.87. The molecule has 1 saturated heterocycles. The zero-order valence-electron chi connectivity index (χ0n) is 16.0. The molecule has 1 aliphatic heterocycles. The monoisotopic (exact) mass is 386 g/mol. The minimum absolute atomic E-state index is 0.527. The summed E-state index contributed by atoms with van der Waals surface area (Å²) >= 11 is 0. The molecule has 0 spiro atoms. The number of fused-ring (bicyclic) bond motifs is 1. The van der Waals surface area contributed by atoms with Crippen molar-refractivity contribution in [1.29, 1.82) is 0 Å². The van der Waals surface area contributed by atoms with E-state index >= 15 is 0 Å². The Hall–Kier alpha value is -3.27. The zero-order valence-corrected chi connectivity index (χ0v) is 16.0. The van der Waals surface area contributed by atoms with Gasteiger partial charge in [-0.2, -0.15) is 4.98 Å². The average molecular weight is 386 g/mol. The van der Waals surface area contributed by atoms with Gasteiger partial charge in [-0.15, -0.1) is 0 Å². The van der Waals surface area contributed by atoms with E-state index in [4.69, 9.17) is 18.9 Å². The summed E-state index contributed by atoms with van der Waals surface area (Å²) in [4.78, 5) is 18.7. The number of hydrogen-bond donors (Lipinski definition) is 2. The van der Waals surface area contributed by atoms with Crippen LogP contribution < -0.4 is 24.4 Å². The van der Waals surface area contributed by atoms with Gasteiger partial charge in [-0.1, -0.05) is 0 Å². The highest BCUT2D eigenvalue weighted by Gasteiger charge is 2.18. The van der Waals surface area contributed by atoms with E-state index in [1.165, 1.54) is 6.33 Å². The number of methoxy groups -OCH3 is 3. The van der Waals surface area contributed by atoms with Crippen LogP contribution in [0.5, 0.6) is 17.2 Å². The smallest absolute Gasteiger partial charge is 0.205 e. The van der Waals surface area contributed by atoms with Crippen LogP contribution in [0.4, 0.5) is 17.5 Å². The first-order valence-corrected chi connectivity index (χ1v) is 8.84. The van der Waals surface area contributed by atoms with Crippen molar-refractivity contribution in [2.24, 2.45) is 0 Å². The summed E-state index contributed by atoms with van der Waals surface area (Å²) in [5, 5.41) is 3.28. The Morgan fingerprint density at radius 1 is 1.04 bits per heavy atom. The fourth-order valence-electron chi connectivity index (χ4n) is 3.13. The number of aromatic amines is 1. The van der Waals surface area contributed by atoms with E-state index in [1.807, 2.05) is 12.1 Å². The lowest BCUT2D eigenvalue weighted by Crippen LogP contribution is -2.36. The molecule has 0 saturated carbocycles. The highest BCUT2D eigenvalue weighted by atomic mass is 16.5. The number of anilines is 3. The number of rotatable bonds is 6. The minimum Gasteiger partial charge on any atom is -0.493 e. The highest BCUT2D eigenvalue weighted by Crippen LogP contribution is 2.40. The Labute approximate surface area is 161 Å². The fourth-order valence-corrected chi connectivity index (χ4v) is 3.13. The van der Waals surface area contributed by atoms with Crippen molar-refractivity contribution in [2.75, 3.05) is 57.8 Å². The van der Waals surface area contributed by atoms with Crippen molar-refractivity contribution < 1.29 is 18.9 Å². The summed E-state index contributed by atoms with van der Waals surface area (Å²) in [5.74, 6) is 2.99. The molecule has 1 fully saturated rings. The summed E-state index contributed by atoms with van der Waals surface area (Å²) in [6.45, 7) is 2.92. The van der Waals surface area contributed by atoms with E-state index in [-0.39, 0.29) is 0 Å². The molecule has 3 heterocycles. The van der Waals surface area contributed by atoms with Crippen LogP contribution in [-0.4, -0.2) is 67.6 Å². The van der Waals surface area contributed by atoms with Crippen molar-refractivity contribution in [2.45, 2.75) is 0 Å². The standard InChI is InChI=1S/C18H22N6O4/c1-25-12-8-11(9-13(26-2)15(12)27-3)21-16-14-17(20-10-19-16)23-18(22-14)24-4-6-28-7-5-24/h8-10H,4-7H2,1-3H3,(H2,19,20,21,22,23). The number of imidazole rings is 1. The lowest BCUT2D eigenvalue weighted by atomic mass is 10.2. The number of H-pyrrole nitrogens is 1. The largest absolute Gasteiger partial charge is 0.493 e. The summed E-state index contributed by atoms with van der Waals surface area (Å²) in [6.07, 6.45) is 1.48. The van der Waals surface area contributed by atoms with Crippen molar-refractivity contribution in [1.82, 2.24) is 19.9 Å². The first-order valence-electron chi connectivity index (χ1n) is 8.84. The molecule has 4 rings (SSSR count). The van der Waals surface area contributed by atoms with Crippen LogP contribution in [0.1, 0.15) is 0 Å². The van der Waals surface area contributed by atoms with Crippen molar-refractivity contribution in [3.8, 4) is 17.2 Å². The van der Waals surface area contributed by atoms with Gasteiger partial charge in [0.05, 0.1) is 34.5 Å². The molecule has 0 aliphatic carbocycles. The first-order chi connectivity index (χ1) is 13.7. The van der Waals surface area contributed by atoms with Gasteiger partial charge >= 0.3 is 0 Å². The molecular formula is C18H22N6O4. The summed E-state index contributed by atoms with van der Waals surface area (Å²) in [6, 6.07) is 3.63. The number of nitrogens with one attached hydrogen (secondary N) is 2. The summed E-state index contributed by atoms with van der Waals surface area (Å²) in [5.41, 5.74) is 2.04. The fraction of sp³-hybridized carbons (Fsp3) is 0.389. The number of morpholine rings is 1. The Morgan fingerprint density at radius 3 is 2.39 bits per heavy atom. The van der Waals surface area contributed by atoms with E-state index in [1.54, 1.807) is 21.3 Å². The molecule has 1 aliphatic rings. The molecule has 0 unspecified atom stereocenters. The van der Waals surface area contributed by atoms with Crippen LogP contribution in [0, 0.1) is 0 Å². The molecule has 0 bridgehead atoms. The lowest BCUT2D eigenvalue weighted by Gasteiger charge is -2.25. The molecule has 0 amide bonds. The van der Waals surface area contributed by atoms with E-state index in [0.717, 1.165) is 30.2 Å². The molecule has 28 heavy (non-hydrogen) atoms. The van der Waals surface area contributed by atoms with Crippen LogP contribution >= 0.6 is 0 Å². The van der Waals surface area contributed by atoms with Gasteiger partial charge in [-0.25, -0.2) is 9.97 Å². The number of benzene rings is 1. The maximum absolute atomic E-state index is 5.41. The summed E-state index contributed by atoms with van der Waals surface area (Å²) < 4.78 is 21.6. The molecule has 148 valence electrons. The molecule has 10 nitrogen and oxygen atoms in total. The number of aromatic nitrogens is 4. The third-order valence-electron chi connectivity index (χ3n) is 4.51.